The van der Waals surface area contributed by atoms with E-state index in [-0.39, 0.29) is 12.8 Å². The molecule has 1 aliphatic rings. The van der Waals surface area contributed by atoms with Crippen molar-refractivity contribution < 1.29 is 63.1 Å². The number of carbonyl (C=O) groups is 2. The van der Waals surface area contributed by atoms with E-state index < -0.39 is 75.7 Å². The van der Waals surface area contributed by atoms with Crippen LogP contribution in [0.25, 0.3) is 0 Å². The molecule has 1 rings (SSSR count). The highest BCUT2D eigenvalue weighted by molar-refractivity contribution is 7.47. The number of hydrogen-bond acceptors (Lipinski definition) is 12. The number of aliphatic hydroxyl groups is 5. The van der Waals surface area contributed by atoms with E-state index in [2.05, 4.69) is 13.8 Å². The first-order chi connectivity index (χ1) is 32.9. The third kappa shape index (κ3) is 35.9. The first-order valence-corrected chi connectivity index (χ1v) is 29.8. The lowest BCUT2D eigenvalue weighted by Crippen LogP contribution is -2.64. The molecule has 0 amide bonds. The minimum absolute atomic E-state index is 0.106. The van der Waals surface area contributed by atoms with Crippen LogP contribution in [0.3, 0.4) is 0 Å². The smallest absolute Gasteiger partial charge is 0.462 e. The third-order valence-corrected chi connectivity index (χ3v) is 14.7. The van der Waals surface area contributed by atoms with E-state index in [0.29, 0.717) is 12.8 Å². The lowest BCUT2D eigenvalue weighted by atomic mass is 9.85. The van der Waals surface area contributed by atoms with Crippen molar-refractivity contribution in [3.05, 3.63) is 0 Å². The van der Waals surface area contributed by atoms with E-state index in [0.717, 1.165) is 38.5 Å². The molecule has 0 heterocycles. The van der Waals surface area contributed by atoms with E-state index >= 15 is 0 Å². The van der Waals surface area contributed by atoms with Crippen LogP contribution in [0, 0.1) is 0 Å². The number of ether oxygens (including phenoxy) is 2. The van der Waals surface area contributed by atoms with Crippen molar-refractivity contribution in [2.75, 3.05) is 13.2 Å². The summed E-state index contributed by atoms with van der Waals surface area (Å²) in [7, 11) is -5.12. The predicted octanol–water partition coefficient (Wildman–Crippen LogP) is 12.8. The number of aliphatic hydroxyl groups excluding tert-OH is 5. The molecule has 1 saturated carbocycles. The zero-order valence-corrected chi connectivity index (χ0v) is 44.3. The van der Waals surface area contributed by atoms with Gasteiger partial charge in [0.15, 0.2) is 6.10 Å². The zero-order chi connectivity index (χ0) is 49.9. The molecule has 14 heteroatoms. The Labute approximate surface area is 414 Å². The van der Waals surface area contributed by atoms with Gasteiger partial charge in [0.25, 0.3) is 0 Å². The first kappa shape index (κ1) is 64.9. The summed E-state index contributed by atoms with van der Waals surface area (Å²) >= 11 is 0. The van der Waals surface area contributed by atoms with Crippen molar-refractivity contribution >= 4 is 19.8 Å². The molecular formula is C54H105O13P. The summed E-state index contributed by atoms with van der Waals surface area (Å²) in [5.41, 5.74) is 0. The predicted molar refractivity (Wildman–Crippen MR) is 272 cm³/mol. The van der Waals surface area contributed by atoms with Gasteiger partial charge in [-0.2, -0.15) is 0 Å². The summed E-state index contributed by atoms with van der Waals surface area (Å²) in [6.45, 7) is 3.37. The van der Waals surface area contributed by atoms with Gasteiger partial charge in [-0.3, -0.25) is 18.6 Å². The summed E-state index contributed by atoms with van der Waals surface area (Å²) in [5, 5.41) is 50.4. The topological polar surface area (TPSA) is 210 Å². The zero-order valence-electron chi connectivity index (χ0n) is 43.4. The van der Waals surface area contributed by atoms with Crippen LogP contribution in [0.1, 0.15) is 277 Å². The maximum atomic E-state index is 12.9. The Kier molecular flexibility index (Phi) is 42.5. The van der Waals surface area contributed by atoms with Gasteiger partial charge in [0.2, 0.25) is 0 Å². The van der Waals surface area contributed by atoms with Crippen LogP contribution in [-0.4, -0.2) is 98.3 Å². The van der Waals surface area contributed by atoms with Crippen molar-refractivity contribution in [3.63, 3.8) is 0 Å². The third-order valence-electron chi connectivity index (χ3n) is 13.7. The second kappa shape index (κ2) is 44.5. The molecule has 1 fully saturated rings. The minimum atomic E-state index is -5.12. The summed E-state index contributed by atoms with van der Waals surface area (Å²) < 4.78 is 33.7. The molecule has 68 heavy (non-hydrogen) atoms. The first-order valence-electron chi connectivity index (χ1n) is 28.3. The quantitative estimate of drug-likeness (QED) is 0.0191. The van der Waals surface area contributed by atoms with Crippen LogP contribution >= 0.6 is 7.82 Å². The number of unbranched alkanes of at least 4 members (excludes halogenated alkanes) is 37. The van der Waals surface area contributed by atoms with Gasteiger partial charge in [-0.1, -0.05) is 251 Å². The summed E-state index contributed by atoms with van der Waals surface area (Å²) in [6.07, 6.45) is 35.8. The minimum Gasteiger partial charge on any atom is -0.462 e. The van der Waals surface area contributed by atoms with Gasteiger partial charge in [-0.15, -0.1) is 0 Å². The molecule has 6 N–H and O–H groups in total. The van der Waals surface area contributed by atoms with Crippen molar-refractivity contribution in [1.82, 2.24) is 0 Å². The standard InChI is InChI=1S/C54H105O13P/c1-3-5-7-9-11-13-15-17-19-21-23-25-27-29-31-33-35-37-39-41-43-48(56)66-46(45-65-68(62,63)67-54-52(60)50(58)49(57)51(59)53(54)61)44-64-47(55)42-40-38-36-34-32-30-28-26-24-22-20-18-16-14-12-10-8-6-4-2/h46,49-54,57-61H,3-45H2,1-2H3,(H,62,63)/t46-,49?,50+,51?,52?,53?,54?/m1/s1. The molecular weight excluding hydrogens is 888 g/mol. The Hall–Kier alpha value is -1.15. The number of carbonyl (C=O) groups excluding carboxylic acids is 2. The van der Waals surface area contributed by atoms with Gasteiger partial charge < -0.3 is 39.9 Å². The van der Waals surface area contributed by atoms with Gasteiger partial charge >= 0.3 is 19.8 Å². The molecule has 0 bridgehead atoms. The summed E-state index contributed by atoms with van der Waals surface area (Å²) in [5.74, 6) is -1.08. The van der Waals surface area contributed by atoms with Gasteiger partial charge in [0.1, 0.15) is 43.2 Å². The molecule has 8 atom stereocenters. The van der Waals surface area contributed by atoms with Gasteiger partial charge in [-0.05, 0) is 12.8 Å². The van der Waals surface area contributed by atoms with E-state index in [1.807, 2.05) is 0 Å². The van der Waals surface area contributed by atoms with Crippen LogP contribution in [-0.2, 0) is 32.7 Å². The lowest BCUT2D eigenvalue weighted by molar-refractivity contribution is -0.220. The van der Waals surface area contributed by atoms with Crippen LogP contribution in [0.2, 0.25) is 0 Å². The van der Waals surface area contributed by atoms with Crippen molar-refractivity contribution in [2.24, 2.45) is 0 Å². The molecule has 13 nitrogen and oxygen atoms in total. The Morgan fingerprint density at radius 1 is 0.397 bits per heavy atom. The average molecular weight is 993 g/mol. The molecule has 0 aromatic heterocycles. The van der Waals surface area contributed by atoms with E-state index in [4.69, 9.17) is 18.5 Å². The average Bonchev–Trinajstić information content (AvgIpc) is 3.32. The SMILES string of the molecule is CCCCCCCCCCCCCCCCCCCCCCC(=O)O[C@H](COC(=O)CCCCCCCCCCCCCCCCCCCCC)COP(=O)(O)OC1C(O)C(O)C(O)[C@H](O)C1O. The number of phosphoric acid groups is 1. The Morgan fingerprint density at radius 3 is 0.971 bits per heavy atom. The number of esters is 2. The molecule has 404 valence electrons. The van der Waals surface area contributed by atoms with E-state index in [9.17, 15) is 44.6 Å². The van der Waals surface area contributed by atoms with Gasteiger partial charge in [0.05, 0.1) is 6.61 Å². The van der Waals surface area contributed by atoms with Gasteiger partial charge in [-0.25, -0.2) is 4.57 Å². The molecule has 0 radical (unpaired) electrons. The molecule has 0 spiro atoms. The highest BCUT2D eigenvalue weighted by Crippen LogP contribution is 2.47. The number of phosphoric ester groups is 1. The molecule has 0 saturated heterocycles. The fraction of sp³-hybridized carbons (Fsp3) is 0.963. The second-order valence-corrected chi connectivity index (χ2v) is 21.6. The van der Waals surface area contributed by atoms with E-state index in [1.165, 1.54) is 199 Å². The van der Waals surface area contributed by atoms with Crippen LogP contribution < -0.4 is 0 Å². The normalized spacial score (nSPS) is 20.9. The Bertz CT molecular complexity index is 1190. The number of rotatable bonds is 49. The summed E-state index contributed by atoms with van der Waals surface area (Å²) in [4.78, 5) is 35.9. The Balaban J connectivity index is 2.33. The van der Waals surface area contributed by atoms with Crippen molar-refractivity contribution in [3.8, 4) is 0 Å². The van der Waals surface area contributed by atoms with Crippen LogP contribution in [0.5, 0.6) is 0 Å². The fourth-order valence-corrected chi connectivity index (χ4v) is 10.1. The molecule has 0 aromatic rings. The van der Waals surface area contributed by atoms with E-state index in [1.54, 1.807) is 0 Å². The summed E-state index contributed by atoms with van der Waals surface area (Å²) in [6, 6.07) is 0. The lowest BCUT2D eigenvalue weighted by Gasteiger charge is -2.41. The molecule has 0 aliphatic heterocycles. The van der Waals surface area contributed by atoms with Crippen LogP contribution in [0.15, 0.2) is 0 Å². The van der Waals surface area contributed by atoms with Crippen LogP contribution in [0.4, 0.5) is 0 Å². The monoisotopic (exact) mass is 993 g/mol. The molecule has 0 aromatic carbocycles. The highest BCUT2D eigenvalue weighted by atomic mass is 31.2. The molecule has 6 unspecified atom stereocenters. The fourth-order valence-electron chi connectivity index (χ4n) is 9.17. The molecule has 1 aliphatic carbocycles. The second-order valence-electron chi connectivity index (χ2n) is 20.2. The maximum absolute atomic E-state index is 12.9. The highest BCUT2D eigenvalue weighted by Gasteiger charge is 2.51. The van der Waals surface area contributed by atoms with Crippen molar-refractivity contribution in [1.29, 1.82) is 0 Å². The van der Waals surface area contributed by atoms with Crippen molar-refractivity contribution in [2.45, 2.75) is 320 Å². The number of hydrogen-bond donors (Lipinski definition) is 6. The maximum Gasteiger partial charge on any atom is 0.472 e. The Morgan fingerprint density at radius 2 is 0.662 bits per heavy atom. The largest absolute Gasteiger partial charge is 0.472 e. The van der Waals surface area contributed by atoms with Gasteiger partial charge in [0, 0.05) is 12.8 Å².